The number of likely N-dealkylation sites (tertiary alicyclic amines) is 1. The van der Waals surface area contributed by atoms with Gasteiger partial charge in [0.25, 0.3) is 0 Å². The number of anilines is 1. The number of pyridine rings is 1. The van der Waals surface area contributed by atoms with Crippen LogP contribution in [0.4, 0.5) is 5.69 Å². The molecule has 1 atom stereocenters. The Morgan fingerprint density at radius 3 is 2.48 bits per heavy atom. The van der Waals surface area contributed by atoms with E-state index in [9.17, 15) is 24.3 Å². The first kappa shape index (κ1) is 19.4. The highest BCUT2D eigenvalue weighted by Crippen LogP contribution is 2.49. The lowest BCUT2D eigenvalue weighted by atomic mass is 9.80. The quantitative estimate of drug-likeness (QED) is 0.448. The molecule has 4 rings (SSSR count). The van der Waals surface area contributed by atoms with Gasteiger partial charge in [-0.2, -0.15) is 0 Å². The fourth-order valence-corrected chi connectivity index (χ4v) is 4.08. The Morgan fingerprint density at radius 2 is 1.83 bits per heavy atom. The number of rotatable bonds is 4. The molecule has 8 nitrogen and oxygen atoms in total. The fourth-order valence-electron chi connectivity index (χ4n) is 3.79. The van der Waals surface area contributed by atoms with Crippen molar-refractivity contribution in [2.75, 3.05) is 11.4 Å². The van der Waals surface area contributed by atoms with Gasteiger partial charge in [-0.25, -0.2) is 4.98 Å². The van der Waals surface area contributed by atoms with Gasteiger partial charge in [-0.1, -0.05) is 29.3 Å². The zero-order valence-corrected chi connectivity index (χ0v) is 16.3. The summed E-state index contributed by atoms with van der Waals surface area (Å²) in [5.74, 6) is -3.23. The molecule has 0 saturated carbocycles. The monoisotopic (exact) mass is 433 g/mol. The molecule has 1 aromatic carbocycles. The smallest absolute Gasteiger partial charge is 0.323 e. The van der Waals surface area contributed by atoms with Gasteiger partial charge in [0, 0.05) is 22.5 Å². The fraction of sp³-hybridized carbons (Fsp3) is 0.211. The molecule has 2 aliphatic heterocycles. The van der Waals surface area contributed by atoms with Gasteiger partial charge < -0.3 is 5.11 Å². The van der Waals surface area contributed by atoms with Crippen molar-refractivity contribution in [2.45, 2.75) is 18.4 Å². The zero-order chi connectivity index (χ0) is 20.9. The molecule has 2 aromatic rings. The van der Waals surface area contributed by atoms with E-state index in [2.05, 4.69) is 4.98 Å². The number of carboxylic acids is 1. The maximum atomic E-state index is 13.3. The number of imide groups is 1. The summed E-state index contributed by atoms with van der Waals surface area (Å²) >= 11 is 11.8. The van der Waals surface area contributed by atoms with Gasteiger partial charge in [0.1, 0.15) is 11.7 Å². The minimum atomic E-state index is -1.81. The molecule has 0 radical (unpaired) electrons. The Labute approximate surface area is 174 Å². The third kappa shape index (κ3) is 2.95. The van der Waals surface area contributed by atoms with Gasteiger partial charge >= 0.3 is 5.97 Å². The average Bonchev–Trinajstić information content (AvgIpc) is 3.04. The Balaban J connectivity index is 1.77. The normalized spacial score (nSPS) is 20.7. The van der Waals surface area contributed by atoms with E-state index < -0.39 is 42.1 Å². The Bertz CT molecular complexity index is 1070. The van der Waals surface area contributed by atoms with E-state index in [4.69, 9.17) is 23.2 Å². The van der Waals surface area contributed by atoms with Gasteiger partial charge in [0.15, 0.2) is 5.41 Å². The van der Waals surface area contributed by atoms with Crippen molar-refractivity contribution in [1.29, 1.82) is 0 Å². The molecule has 1 saturated heterocycles. The number of carbonyl (C=O) groups excluding carboxylic acids is 3. The summed E-state index contributed by atoms with van der Waals surface area (Å²) in [5, 5.41) is 9.73. The van der Waals surface area contributed by atoms with Crippen LogP contribution in [0.25, 0.3) is 0 Å². The van der Waals surface area contributed by atoms with Crippen LogP contribution in [-0.2, 0) is 31.1 Å². The lowest BCUT2D eigenvalue weighted by molar-refractivity contribution is -0.143. The summed E-state index contributed by atoms with van der Waals surface area (Å²) in [4.78, 5) is 56.5. The Hall–Kier alpha value is -2.97. The van der Waals surface area contributed by atoms with E-state index in [0.29, 0.717) is 5.56 Å². The molecule has 2 aliphatic rings. The van der Waals surface area contributed by atoms with Crippen molar-refractivity contribution < 1.29 is 24.3 Å². The third-order valence-corrected chi connectivity index (χ3v) is 5.53. The summed E-state index contributed by atoms with van der Waals surface area (Å²) in [7, 11) is 0. The molecule has 1 N–H and O–H groups in total. The number of carbonyl (C=O) groups is 4. The molecule has 3 amide bonds. The number of benzene rings is 1. The average molecular weight is 434 g/mol. The molecular weight excluding hydrogens is 421 g/mol. The summed E-state index contributed by atoms with van der Waals surface area (Å²) in [6, 6.07) is 7.58. The molecule has 1 unspecified atom stereocenters. The van der Waals surface area contributed by atoms with Gasteiger partial charge in [-0.15, -0.1) is 0 Å². The molecule has 1 spiro atoms. The van der Waals surface area contributed by atoms with Crippen LogP contribution in [0.15, 0.2) is 36.5 Å². The van der Waals surface area contributed by atoms with E-state index in [0.717, 1.165) is 9.80 Å². The third-order valence-electron chi connectivity index (χ3n) is 5.07. The summed E-state index contributed by atoms with van der Waals surface area (Å²) in [6.45, 7) is -0.705. The predicted molar refractivity (Wildman–Crippen MR) is 103 cm³/mol. The molecule has 1 aromatic heterocycles. The molecule has 29 heavy (non-hydrogen) atoms. The summed E-state index contributed by atoms with van der Waals surface area (Å²) in [5.41, 5.74) is -0.747. The summed E-state index contributed by atoms with van der Waals surface area (Å²) < 4.78 is 0. The molecule has 148 valence electrons. The van der Waals surface area contributed by atoms with Crippen molar-refractivity contribution in [3.8, 4) is 0 Å². The molecule has 0 bridgehead atoms. The second-order valence-corrected chi connectivity index (χ2v) is 7.63. The van der Waals surface area contributed by atoms with Crippen LogP contribution >= 0.6 is 23.2 Å². The minimum Gasteiger partial charge on any atom is -0.480 e. The van der Waals surface area contributed by atoms with Crippen LogP contribution < -0.4 is 4.90 Å². The van der Waals surface area contributed by atoms with Gasteiger partial charge in [0.05, 0.1) is 13.0 Å². The van der Waals surface area contributed by atoms with Gasteiger partial charge in [-0.3, -0.25) is 29.0 Å². The number of halogens is 2. The zero-order valence-electron chi connectivity index (χ0n) is 14.8. The van der Waals surface area contributed by atoms with Crippen LogP contribution in [0.2, 0.25) is 10.2 Å². The first-order valence-corrected chi connectivity index (χ1v) is 9.28. The molecule has 10 heteroatoms. The van der Waals surface area contributed by atoms with Crippen molar-refractivity contribution in [3.05, 3.63) is 57.8 Å². The number of amides is 3. The summed E-state index contributed by atoms with van der Waals surface area (Å²) in [6.07, 6.45) is 1.04. The molecular formula is C19H13Cl2N3O5. The maximum absolute atomic E-state index is 13.3. The van der Waals surface area contributed by atoms with Crippen molar-refractivity contribution in [1.82, 2.24) is 9.88 Å². The van der Waals surface area contributed by atoms with Crippen molar-refractivity contribution in [3.63, 3.8) is 0 Å². The number of carboxylic acid groups (broad SMARTS) is 1. The highest BCUT2D eigenvalue weighted by Gasteiger charge is 2.63. The van der Waals surface area contributed by atoms with Crippen molar-refractivity contribution in [2.24, 2.45) is 0 Å². The number of hydrogen-bond donors (Lipinski definition) is 1. The van der Waals surface area contributed by atoms with E-state index in [1.165, 1.54) is 30.5 Å². The largest absolute Gasteiger partial charge is 0.480 e. The standard InChI is InChI=1S/C19H13Cl2N3O5/c20-11-2-3-13-12(5-11)19(17(28)23(13)9-16(26)27)6-15(25)24(18(19)29)8-10-1-4-14(21)22-7-10/h1-5,7H,6,8-9H2,(H,26,27). The highest BCUT2D eigenvalue weighted by atomic mass is 35.5. The van der Waals surface area contributed by atoms with E-state index in [1.807, 2.05) is 0 Å². The number of hydrogen-bond acceptors (Lipinski definition) is 5. The predicted octanol–water partition coefficient (Wildman–Crippen LogP) is 2.02. The lowest BCUT2D eigenvalue weighted by Crippen LogP contribution is -2.47. The van der Waals surface area contributed by atoms with E-state index in [-0.39, 0.29) is 28.0 Å². The number of aliphatic carboxylic acids is 1. The van der Waals surface area contributed by atoms with E-state index >= 15 is 0 Å². The lowest BCUT2D eigenvalue weighted by Gasteiger charge is -2.22. The van der Waals surface area contributed by atoms with Crippen LogP contribution in [0, 0.1) is 0 Å². The van der Waals surface area contributed by atoms with Crippen LogP contribution in [0.3, 0.4) is 0 Å². The molecule has 3 heterocycles. The Morgan fingerprint density at radius 1 is 1.10 bits per heavy atom. The first-order valence-electron chi connectivity index (χ1n) is 8.53. The van der Waals surface area contributed by atoms with Gasteiger partial charge in [-0.05, 0) is 29.8 Å². The Kier molecular flexibility index (Phi) is 4.55. The first-order chi connectivity index (χ1) is 13.7. The van der Waals surface area contributed by atoms with E-state index in [1.54, 1.807) is 6.07 Å². The number of nitrogens with zero attached hydrogens (tertiary/aromatic N) is 3. The minimum absolute atomic E-state index is 0.0777. The van der Waals surface area contributed by atoms with Crippen LogP contribution in [-0.4, -0.2) is 45.2 Å². The highest BCUT2D eigenvalue weighted by molar-refractivity contribution is 6.33. The second-order valence-electron chi connectivity index (χ2n) is 6.80. The van der Waals surface area contributed by atoms with Crippen molar-refractivity contribution >= 4 is 52.6 Å². The number of aromatic nitrogens is 1. The second kappa shape index (κ2) is 6.82. The van der Waals surface area contributed by atoms with Crippen LogP contribution in [0.1, 0.15) is 17.5 Å². The number of fused-ring (bicyclic) bond motifs is 2. The topological polar surface area (TPSA) is 108 Å². The molecule has 0 aliphatic carbocycles. The maximum Gasteiger partial charge on any atom is 0.323 e. The molecule has 1 fully saturated rings. The van der Waals surface area contributed by atoms with Gasteiger partial charge in [0.2, 0.25) is 17.7 Å². The van der Waals surface area contributed by atoms with Crippen LogP contribution in [0.5, 0.6) is 0 Å². The SMILES string of the molecule is O=C(O)CN1C(=O)C2(CC(=O)N(Cc3ccc(Cl)nc3)C2=O)c2cc(Cl)ccc21.